The zero-order chi connectivity index (χ0) is 10.3. The monoisotopic (exact) mass is 207 g/mol. The van der Waals surface area contributed by atoms with Gasteiger partial charge in [-0.25, -0.2) is 17.7 Å². The first-order valence-electron chi connectivity index (χ1n) is 3.77. The summed E-state index contributed by atoms with van der Waals surface area (Å²) in [4.78, 5) is 0. The third-order valence-corrected chi connectivity index (χ3v) is 2.37. The van der Waals surface area contributed by atoms with Gasteiger partial charge in [0.25, 0.3) is 0 Å². The summed E-state index contributed by atoms with van der Waals surface area (Å²) in [6.45, 7) is 0.367. The van der Waals surface area contributed by atoms with Crippen LogP contribution in [0, 0.1) is 0 Å². The highest BCUT2D eigenvalue weighted by molar-refractivity contribution is 7.88. The number of nitrogens with one attached hydrogen (secondary N) is 1. The molecule has 13 heavy (non-hydrogen) atoms. The number of nitrogens with zero attached hydrogens (tertiary/aromatic N) is 2. The van der Waals surface area contributed by atoms with E-state index in [0.717, 1.165) is 6.26 Å². The predicted octanol–water partition coefficient (Wildman–Crippen LogP) is -2.33. The van der Waals surface area contributed by atoms with Gasteiger partial charge >= 0.3 is 0 Å². The Balaban J connectivity index is 2.74. The first-order chi connectivity index (χ1) is 5.70. The highest BCUT2D eigenvalue weighted by Crippen LogP contribution is 2.09. The van der Waals surface area contributed by atoms with Crippen LogP contribution >= 0.6 is 0 Å². The second-order valence-corrected chi connectivity index (χ2v) is 5.46. The van der Waals surface area contributed by atoms with Gasteiger partial charge in [-0.1, -0.05) is 0 Å². The fourth-order valence-electron chi connectivity index (χ4n) is 1.25. The van der Waals surface area contributed by atoms with Crippen LogP contribution in [0.15, 0.2) is 5.10 Å². The third kappa shape index (κ3) is 2.94. The van der Waals surface area contributed by atoms with Gasteiger partial charge in [0.05, 0.1) is 20.4 Å². The van der Waals surface area contributed by atoms with Crippen molar-refractivity contribution in [2.75, 3.05) is 26.9 Å². The Morgan fingerprint density at radius 2 is 2.15 bits per heavy atom. The van der Waals surface area contributed by atoms with E-state index in [1.165, 1.54) is 0 Å². The van der Waals surface area contributed by atoms with Crippen LogP contribution in [-0.2, 0) is 10.0 Å². The van der Waals surface area contributed by atoms with E-state index >= 15 is 0 Å². The molecule has 1 N–H and O–H groups in total. The van der Waals surface area contributed by atoms with E-state index in [1.807, 2.05) is 0 Å². The SMILES string of the molecule is C[N+]1(C)CC(NS(C)(=O)=O)C([O-])=N1. The number of quaternary nitrogens is 1. The van der Waals surface area contributed by atoms with Crippen molar-refractivity contribution in [2.24, 2.45) is 5.10 Å². The summed E-state index contributed by atoms with van der Waals surface area (Å²) in [5, 5.41) is 14.9. The van der Waals surface area contributed by atoms with Crippen LogP contribution in [0.4, 0.5) is 0 Å². The van der Waals surface area contributed by atoms with Crippen molar-refractivity contribution in [3.8, 4) is 0 Å². The van der Waals surface area contributed by atoms with Gasteiger partial charge in [0.1, 0.15) is 12.6 Å². The summed E-state index contributed by atoms with van der Waals surface area (Å²) in [6.07, 6.45) is 1.03. The van der Waals surface area contributed by atoms with E-state index in [4.69, 9.17) is 0 Å². The lowest BCUT2D eigenvalue weighted by atomic mass is 10.3. The lowest BCUT2D eigenvalue weighted by Crippen LogP contribution is -2.47. The maximum absolute atomic E-state index is 11.2. The van der Waals surface area contributed by atoms with Crippen LogP contribution in [0.25, 0.3) is 0 Å². The number of hydrogen-bond acceptors (Lipinski definition) is 4. The Hall–Kier alpha value is -0.660. The fraction of sp³-hybridized carbons (Fsp3) is 0.833. The van der Waals surface area contributed by atoms with Crippen molar-refractivity contribution in [3.05, 3.63) is 0 Å². The van der Waals surface area contributed by atoms with E-state index in [1.54, 1.807) is 14.1 Å². The Morgan fingerprint density at radius 1 is 1.62 bits per heavy atom. The molecule has 0 aromatic heterocycles. The minimum absolute atomic E-state index is 0.173. The van der Waals surface area contributed by atoms with Gasteiger partial charge in [-0.2, -0.15) is 0 Å². The molecular weight excluding hydrogens is 194 g/mol. The molecule has 1 aliphatic rings. The van der Waals surface area contributed by atoms with E-state index in [-0.39, 0.29) is 4.59 Å². The molecule has 1 heterocycles. The Kier molecular flexibility index (Phi) is 2.35. The lowest BCUT2D eigenvalue weighted by molar-refractivity contribution is -0.891. The molecule has 76 valence electrons. The molecule has 1 atom stereocenters. The molecule has 0 aromatic carbocycles. The second kappa shape index (κ2) is 2.93. The van der Waals surface area contributed by atoms with E-state index < -0.39 is 22.0 Å². The normalized spacial score (nSPS) is 27.3. The number of sulfonamides is 1. The molecule has 6 nitrogen and oxygen atoms in total. The highest BCUT2D eigenvalue weighted by atomic mass is 32.2. The van der Waals surface area contributed by atoms with Crippen molar-refractivity contribution >= 4 is 15.9 Å². The Labute approximate surface area is 77.5 Å². The number of likely N-dealkylation sites (N-methyl/N-ethyl adjacent to an activating group) is 1. The van der Waals surface area contributed by atoms with Gasteiger partial charge in [-0.15, -0.1) is 5.10 Å². The quantitative estimate of drug-likeness (QED) is 0.515. The van der Waals surface area contributed by atoms with E-state index in [2.05, 4.69) is 9.82 Å². The molecule has 0 amide bonds. The topological polar surface area (TPSA) is 81.6 Å². The van der Waals surface area contributed by atoms with Crippen molar-refractivity contribution in [1.82, 2.24) is 4.72 Å². The molecule has 1 aliphatic heterocycles. The average molecular weight is 207 g/mol. The highest BCUT2D eigenvalue weighted by Gasteiger charge is 2.31. The minimum Gasteiger partial charge on any atom is -0.857 e. The minimum atomic E-state index is -3.33. The second-order valence-electron chi connectivity index (χ2n) is 3.68. The zero-order valence-corrected chi connectivity index (χ0v) is 8.63. The number of rotatable bonds is 2. The predicted molar refractivity (Wildman–Crippen MR) is 46.2 cm³/mol. The third-order valence-electron chi connectivity index (χ3n) is 1.65. The summed E-state index contributed by atoms with van der Waals surface area (Å²) < 4.78 is 24.1. The first-order valence-corrected chi connectivity index (χ1v) is 5.66. The van der Waals surface area contributed by atoms with E-state index in [9.17, 15) is 13.5 Å². The molecule has 0 saturated heterocycles. The van der Waals surface area contributed by atoms with Crippen molar-refractivity contribution < 1.29 is 18.1 Å². The molecule has 0 aliphatic carbocycles. The van der Waals surface area contributed by atoms with Crippen molar-refractivity contribution in [2.45, 2.75) is 6.04 Å². The summed E-state index contributed by atoms with van der Waals surface area (Å²) >= 11 is 0. The maximum atomic E-state index is 11.2. The molecule has 1 rings (SSSR count). The molecule has 1 unspecified atom stereocenters. The summed E-state index contributed by atoms with van der Waals surface area (Å²) in [5.41, 5.74) is 0. The van der Waals surface area contributed by atoms with Crippen LogP contribution in [-0.4, -0.2) is 51.8 Å². The first kappa shape index (κ1) is 10.4. The van der Waals surface area contributed by atoms with Crippen LogP contribution in [0.2, 0.25) is 0 Å². The van der Waals surface area contributed by atoms with Crippen molar-refractivity contribution in [3.63, 3.8) is 0 Å². The molecule has 0 fully saturated rings. The molecule has 0 bridgehead atoms. The standard InChI is InChI=1S/C6H13N3O3S/c1-9(2)4-5(6(10)7-9)8-13(3,11)12/h5,8H,4H2,1-3H3. The molecule has 0 radical (unpaired) electrons. The summed E-state index contributed by atoms with van der Waals surface area (Å²) in [5.74, 6) is -0.407. The van der Waals surface area contributed by atoms with Crippen LogP contribution in [0.5, 0.6) is 0 Å². The molecule has 0 aromatic rings. The molecule has 0 spiro atoms. The molecule has 7 heteroatoms. The Bertz CT molecular complexity index is 333. The molecular formula is C6H13N3O3S. The van der Waals surface area contributed by atoms with Crippen LogP contribution in [0.1, 0.15) is 0 Å². The van der Waals surface area contributed by atoms with Crippen LogP contribution < -0.4 is 9.83 Å². The Morgan fingerprint density at radius 3 is 2.46 bits per heavy atom. The van der Waals surface area contributed by atoms with Gasteiger partial charge in [0, 0.05) is 5.90 Å². The average Bonchev–Trinajstić information content (AvgIpc) is 2.00. The van der Waals surface area contributed by atoms with Gasteiger partial charge in [-0.05, 0) is 0 Å². The number of hydrogen-bond donors (Lipinski definition) is 1. The fourth-order valence-corrected chi connectivity index (χ4v) is 1.94. The molecule has 0 saturated carbocycles. The van der Waals surface area contributed by atoms with Crippen LogP contribution in [0.3, 0.4) is 0 Å². The maximum Gasteiger partial charge on any atom is 0.209 e. The largest absolute Gasteiger partial charge is 0.857 e. The lowest BCUT2D eigenvalue weighted by Gasteiger charge is -2.18. The van der Waals surface area contributed by atoms with Gasteiger partial charge < -0.3 is 5.11 Å². The van der Waals surface area contributed by atoms with Gasteiger partial charge in [0.2, 0.25) is 10.0 Å². The summed E-state index contributed by atoms with van der Waals surface area (Å²) in [7, 11) is 0.144. The zero-order valence-electron chi connectivity index (χ0n) is 7.81. The van der Waals surface area contributed by atoms with Gasteiger partial charge in [0.15, 0.2) is 0 Å². The van der Waals surface area contributed by atoms with Gasteiger partial charge in [-0.3, -0.25) is 0 Å². The summed E-state index contributed by atoms with van der Waals surface area (Å²) in [6, 6.07) is -0.704. The van der Waals surface area contributed by atoms with E-state index in [0.29, 0.717) is 6.54 Å². The smallest absolute Gasteiger partial charge is 0.209 e. The van der Waals surface area contributed by atoms with Crippen molar-refractivity contribution in [1.29, 1.82) is 0 Å².